The monoisotopic (exact) mass is 243 g/mol. The zero-order chi connectivity index (χ0) is 11.9. The Morgan fingerprint density at radius 2 is 2.12 bits per heavy atom. The number of rotatable bonds is 1. The molecule has 0 bridgehead atoms. The molecule has 0 atom stereocenters. The molecule has 1 aliphatic rings. The van der Waals surface area contributed by atoms with Crippen LogP contribution >= 0.6 is 11.9 Å². The summed E-state index contributed by atoms with van der Waals surface area (Å²) in [5.41, 5.74) is 0.694. The second-order valence-corrected chi connectivity index (χ2v) is 5.03. The van der Waals surface area contributed by atoms with Crippen LogP contribution in [0.1, 0.15) is 19.4 Å². The van der Waals surface area contributed by atoms with Gasteiger partial charge >= 0.3 is 0 Å². The highest BCUT2D eigenvalue weighted by Gasteiger charge is 2.33. The molecule has 0 amide bonds. The number of hydrogen-bond donors (Lipinski definition) is 0. The van der Waals surface area contributed by atoms with Crippen LogP contribution in [-0.2, 0) is 6.54 Å². The van der Waals surface area contributed by atoms with Crippen LogP contribution in [0.4, 0.5) is 4.39 Å². The molecule has 0 fully saturated rings. The first kappa shape index (κ1) is 11.8. The summed E-state index contributed by atoms with van der Waals surface area (Å²) in [6, 6.07) is 4.40. The van der Waals surface area contributed by atoms with E-state index >= 15 is 0 Å². The second-order valence-electron chi connectivity index (χ2n) is 3.98. The first-order valence-corrected chi connectivity index (χ1v) is 5.74. The fraction of sp³-hybridized carbons (Fsp3) is 0.400. The van der Waals surface area contributed by atoms with E-state index in [9.17, 15) is 14.8 Å². The van der Waals surface area contributed by atoms with Gasteiger partial charge in [-0.25, -0.2) is 8.71 Å². The van der Waals surface area contributed by atoms with Crippen LogP contribution in [-0.4, -0.2) is 15.4 Å². The van der Waals surface area contributed by atoms with Gasteiger partial charge in [0.1, 0.15) is 22.7 Å². The number of benzene rings is 1. The smallest absolute Gasteiger partial charge is 0.142 e. The molecular formula is C10H12FN2O2S-. The van der Waals surface area contributed by atoms with E-state index in [0.29, 0.717) is 17.5 Å². The minimum Gasteiger partial charge on any atom is -0.598 e. The van der Waals surface area contributed by atoms with E-state index in [4.69, 9.17) is 0 Å². The molecule has 0 saturated heterocycles. The normalized spacial score (nSPS) is 19.9. The van der Waals surface area contributed by atoms with Crippen molar-refractivity contribution in [3.63, 3.8) is 0 Å². The average Bonchev–Trinajstić information content (AvgIpc) is 2.17. The fourth-order valence-electron chi connectivity index (χ4n) is 1.67. The number of quaternary nitrogens is 1. The van der Waals surface area contributed by atoms with Crippen molar-refractivity contribution in [2.45, 2.75) is 31.3 Å². The molecule has 1 aliphatic heterocycles. The zero-order valence-electron chi connectivity index (χ0n) is 9.01. The van der Waals surface area contributed by atoms with Crippen LogP contribution in [0.5, 0.6) is 0 Å². The summed E-state index contributed by atoms with van der Waals surface area (Å²) >= 11 is 0.455. The van der Waals surface area contributed by atoms with Gasteiger partial charge in [-0.1, -0.05) is 12.1 Å². The zero-order valence-corrected chi connectivity index (χ0v) is 9.83. The lowest BCUT2D eigenvalue weighted by Gasteiger charge is -2.54. The van der Waals surface area contributed by atoms with Crippen molar-refractivity contribution in [3.8, 4) is 0 Å². The summed E-state index contributed by atoms with van der Waals surface area (Å²) in [6.45, 7) is 3.73. The highest BCUT2D eigenvalue weighted by Crippen LogP contribution is 2.41. The topological polar surface area (TPSA) is 49.4 Å². The third kappa shape index (κ3) is 1.94. The third-order valence-corrected chi connectivity index (χ3v) is 3.58. The van der Waals surface area contributed by atoms with Crippen molar-refractivity contribution in [2.75, 3.05) is 0 Å². The number of halogens is 1. The minimum atomic E-state index is -1.86. The van der Waals surface area contributed by atoms with Crippen LogP contribution in [0, 0.1) is 16.2 Å². The van der Waals surface area contributed by atoms with Gasteiger partial charge in [-0.3, -0.25) is 0 Å². The predicted molar refractivity (Wildman–Crippen MR) is 59.9 cm³/mol. The summed E-state index contributed by atoms with van der Waals surface area (Å²) in [7, 11) is 0. The summed E-state index contributed by atoms with van der Waals surface area (Å²) in [5.74, 6) is -0.500. The molecule has 2 rings (SSSR count). The average molecular weight is 243 g/mol. The lowest BCUT2D eigenvalue weighted by molar-refractivity contribution is -0.837. The van der Waals surface area contributed by atoms with Crippen molar-refractivity contribution in [1.29, 1.82) is 0 Å². The number of nitrogens with zero attached hydrogens (tertiary/aromatic N) is 2. The molecule has 6 heteroatoms. The molecule has 0 spiro atoms. The highest BCUT2D eigenvalue weighted by atomic mass is 32.2. The van der Waals surface area contributed by atoms with Gasteiger partial charge in [0, 0.05) is 0 Å². The van der Waals surface area contributed by atoms with Gasteiger partial charge in [0.15, 0.2) is 0 Å². The molecular weight excluding hydrogens is 231 g/mol. The van der Waals surface area contributed by atoms with Crippen LogP contribution in [0.15, 0.2) is 23.1 Å². The van der Waals surface area contributed by atoms with Crippen molar-refractivity contribution >= 4 is 11.9 Å². The van der Waals surface area contributed by atoms with Gasteiger partial charge in [-0.15, -0.1) is 5.01 Å². The van der Waals surface area contributed by atoms with Gasteiger partial charge in [0.2, 0.25) is 0 Å². The lowest BCUT2D eigenvalue weighted by Crippen LogP contribution is -2.51. The van der Waals surface area contributed by atoms with Crippen LogP contribution in [0.2, 0.25) is 0 Å². The van der Waals surface area contributed by atoms with Crippen LogP contribution in [0.3, 0.4) is 0 Å². The van der Waals surface area contributed by atoms with Crippen LogP contribution < -0.4 is 0 Å². The maximum Gasteiger partial charge on any atom is 0.142 e. The standard InChI is InChI=1S/C10H12FN2O2S/c1-7(2)12-6-8-4-3-5-9(11)10(8)16-13(12,14)15/h3-5,7H,6H2,1-2H3/q-1. The van der Waals surface area contributed by atoms with E-state index in [1.165, 1.54) is 11.1 Å². The molecule has 0 unspecified atom stereocenters. The van der Waals surface area contributed by atoms with Gasteiger partial charge in [-0.2, -0.15) is 0 Å². The van der Waals surface area contributed by atoms with Crippen LogP contribution in [0.25, 0.3) is 0 Å². The van der Waals surface area contributed by atoms with E-state index in [-0.39, 0.29) is 17.5 Å². The number of fused-ring (bicyclic) bond motifs is 1. The Hall–Kier alpha value is -0.660. The Balaban J connectivity index is 2.42. The minimum absolute atomic E-state index is 0.171. The Kier molecular flexibility index (Phi) is 2.93. The van der Waals surface area contributed by atoms with E-state index in [1.807, 2.05) is 0 Å². The van der Waals surface area contributed by atoms with Crippen molar-refractivity contribution < 1.29 is 8.71 Å². The van der Waals surface area contributed by atoms with Crippen molar-refractivity contribution in [3.05, 3.63) is 40.0 Å². The molecule has 4 nitrogen and oxygen atoms in total. The molecule has 1 heterocycles. The Labute approximate surface area is 97.5 Å². The highest BCUT2D eigenvalue weighted by molar-refractivity contribution is 7.94. The van der Waals surface area contributed by atoms with E-state index < -0.39 is 10.1 Å². The molecule has 1 aromatic rings. The van der Waals surface area contributed by atoms with Crippen molar-refractivity contribution in [1.82, 2.24) is 5.01 Å². The second kappa shape index (κ2) is 3.97. The fourth-order valence-corrected chi connectivity index (χ4v) is 2.66. The SMILES string of the molecule is CC(C)N1Cc2cccc(F)c2S[N+]1([O-])[O-]. The third-order valence-electron chi connectivity index (χ3n) is 2.50. The lowest BCUT2D eigenvalue weighted by atomic mass is 10.2. The van der Waals surface area contributed by atoms with E-state index in [2.05, 4.69) is 0 Å². The maximum absolute atomic E-state index is 13.4. The summed E-state index contributed by atoms with van der Waals surface area (Å²) in [5, 5.41) is 24.7. The van der Waals surface area contributed by atoms with Crippen molar-refractivity contribution in [2.24, 2.45) is 0 Å². The van der Waals surface area contributed by atoms with Gasteiger partial charge in [-0.05, 0) is 25.5 Å². The summed E-state index contributed by atoms with van der Waals surface area (Å²) in [4.78, 5) is 0.171. The van der Waals surface area contributed by atoms with Gasteiger partial charge < -0.3 is 10.4 Å². The molecule has 0 aliphatic carbocycles. The van der Waals surface area contributed by atoms with E-state index in [0.717, 1.165) is 0 Å². The molecule has 16 heavy (non-hydrogen) atoms. The molecule has 0 aromatic heterocycles. The Morgan fingerprint density at radius 1 is 1.44 bits per heavy atom. The van der Waals surface area contributed by atoms with Gasteiger partial charge in [0.25, 0.3) is 0 Å². The Bertz CT molecular complexity index is 412. The summed E-state index contributed by atoms with van der Waals surface area (Å²) in [6.07, 6.45) is 0. The largest absolute Gasteiger partial charge is 0.598 e. The summed E-state index contributed by atoms with van der Waals surface area (Å²) < 4.78 is 11.6. The molecule has 0 saturated carbocycles. The predicted octanol–water partition coefficient (Wildman–Crippen LogP) is 2.78. The van der Waals surface area contributed by atoms with E-state index in [1.54, 1.807) is 26.0 Å². The molecule has 1 aromatic carbocycles. The number of hydrogen-bond acceptors (Lipinski definition) is 4. The Morgan fingerprint density at radius 3 is 2.75 bits per heavy atom. The quantitative estimate of drug-likeness (QED) is 0.432. The maximum atomic E-state index is 13.4. The van der Waals surface area contributed by atoms with Gasteiger partial charge in [0.05, 0.1) is 12.6 Å². The first-order chi connectivity index (χ1) is 7.42. The molecule has 88 valence electrons. The molecule has 0 N–H and O–H groups in total. The first-order valence-electron chi connectivity index (χ1n) is 4.97. The molecule has 0 radical (unpaired) electrons.